The van der Waals surface area contributed by atoms with Gasteiger partial charge in [-0.15, -0.1) is 0 Å². The summed E-state index contributed by atoms with van der Waals surface area (Å²) in [6.07, 6.45) is 2.93. The average molecular weight is 380 g/mol. The van der Waals surface area contributed by atoms with Crippen molar-refractivity contribution in [2.24, 2.45) is 5.92 Å². The second-order valence-electron chi connectivity index (χ2n) is 5.17. The molecule has 1 aromatic rings. The Labute approximate surface area is 130 Å². The lowest BCUT2D eigenvalue weighted by molar-refractivity contribution is 0.0691. The van der Waals surface area contributed by atoms with Crippen LogP contribution >= 0.6 is 15.9 Å². The fraction of sp³-hybridized carbons (Fsp3) is 0.462. The van der Waals surface area contributed by atoms with E-state index >= 15 is 0 Å². The van der Waals surface area contributed by atoms with Gasteiger partial charge in [-0.1, -0.05) is 22.4 Å². The van der Waals surface area contributed by atoms with E-state index in [0.29, 0.717) is 0 Å². The van der Waals surface area contributed by atoms with E-state index in [2.05, 4.69) is 20.7 Å². The van der Waals surface area contributed by atoms with Crippen LogP contribution < -0.4 is 4.72 Å². The molecule has 1 aromatic carbocycles. The van der Waals surface area contributed by atoms with Crippen LogP contribution in [-0.4, -0.2) is 25.5 Å². The number of aromatic carboxylic acids is 1. The van der Waals surface area contributed by atoms with Gasteiger partial charge in [0.2, 0.25) is 10.0 Å². The standard InChI is InChI=1S/C13H15BrFNO4S/c1-7(8-3-2-4-8)16-21(19,20)11-6-9(14)5-10(12(11)15)13(17)18/h5-8,16H,2-4H2,1H3,(H,17,18). The molecule has 0 amide bonds. The molecule has 1 fully saturated rings. The summed E-state index contributed by atoms with van der Waals surface area (Å²) in [7, 11) is -4.11. The molecule has 0 saturated heterocycles. The summed E-state index contributed by atoms with van der Waals surface area (Å²) in [5.74, 6) is -2.52. The summed E-state index contributed by atoms with van der Waals surface area (Å²) >= 11 is 3.01. The minimum Gasteiger partial charge on any atom is -0.478 e. The molecule has 116 valence electrons. The van der Waals surface area contributed by atoms with Crippen molar-refractivity contribution in [3.63, 3.8) is 0 Å². The molecule has 0 bridgehead atoms. The summed E-state index contributed by atoms with van der Waals surface area (Å²) in [5, 5.41) is 8.92. The van der Waals surface area contributed by atoms with Crippen molar-refractivity contribution in [3.05, 3.63) is 28.0 Å². The minimum absolute atomic E-state index is 0.193. The average Bonchev–Trinajstić information content (AvgIpc) is 2.27. The number of rotatable bonds is 5. The lowest BCUT2D eigenvalue weighted by atomic mass is 9.81. The van der Waals surface area contributed by atoms with Crippen LogP contribution in [0.2, 0.25) is 0 Å². The normalized spacial score (nSPS) is 17.3. The molecular formula is C13H15BrFNO4S. The molecule has 0 aliphatic heterocycles. The molecule has 1 atom stereocenters. The Balaban J connectivity index is 2.37. The van der Waals surface area contributed by atoms with Crippen LogP contribution in [0.1, 0.15) is 36.5 Å². The molecular weight excluding hydrogens is 365 g/mol. The third kappa shape index (κ3) is 3.44. The molecule has 1 aliphatic carbocycles. The maximum absolute atomic E-state index is 14.1. The van der Waals surface area contributed by atoms with Gasteiger partial charge in [-0.2, -0.15) is 0 Å². The van der Waals surface area contributed by atoms with Crippen LogP contribution in [0.3, 0.4) is 0 Å². The summed E-state index contributed by atoms with van der Waals surface area (Å²) in [6.45, 7) is 1.73. The second kappa shape index (κ2) is 6.02. The highest BCUT2D eigenvalue weighted by Crippen LogP contribution is 2.31. The fourth-order valence-electron chi connectivity index (χ4n) is 2.26. The zero-order chi connectivity index (χ0) is 15.8. The van der Waals surface area contributed by atoms with Gasteiger partial charge in [-0.05, 0) is 37.8 Å². The molecule has 0 spiro atoms. The SMILES string of the molecule is CC(NS(=O)(=O)c1cc(Br)cc(C(=O)O)c1F)C1CCC1. The van der Waals surface area contributed by atoms with Crippen molar-refractivity contribution in [2.45, 2.75) is 37.1 Å². The molecule has 21 heavy (non-hydrogen) atoms. The van der Waals surface area contributed by atoms with Gasteiger partial charge in [0.05, 0.1) is 5.56 Å². The van der Waals surface area contributed by atoms with Gasteiger partial charge in [0.25, 0.3) is 0 Å². The second-order valence-corrected chi connectivity index (χ2v) is 7.77. The molecule has 1 aliphatic rings. The third-order valence-corrected chi connectivity index (χ3v) is 5.74. The quantitative estimate of drug-likeness (QED) is 0.823. The number of halogens is 2. The van der Waals surface area contributed by atoms with Crippen LogP contribution in [0.4, 0.5) is 4.39 Å². The Morgan fingerprint density at radius 3 is 2.57 bits per heavy atom. The first-order chi connectivity index (χ1) is 9.72. The maximum Gasteiger partial charge on any atom is 0.338 e. The Hall–Kier alpha value is -0.990. The van der Waals surface area contributed by atoms with Crippen LogP contribution in [0.15, 0.2) is 21.5 Å². The molecule has 0 radical (unpaired) electrons. The zero-order valence-corrected chi connectivity index (χ0v) is 13.7. The molecule has 0 aromatic heterocycles. The van der Waals surface area contributed by atoms with Gasteiger partial charge < -0.3 is 5.11 Å². The number of carboxylic acids is 1. The zero-order valence-electron chi connectivity index (χ0n) is 11.3. The third-order valence-electron chi connectivity index (χ3n) is 3.72. The van der Waals surface area contributed by atoms with Gasteiger partial charge in [0.15, 0.2) is 5.82 Å². The van der Waals surface area contributed by atoms with E-state index in [4.69, 9.17) is 5.11 Å². The Morgan fingerprint density at radius 1 is 1.48 bits per heavy atom. The number of hydrogen-bond acceptors (Lipinski definition) is 3. The van der Waals surface area contributed by atoms with Crippen molar-refractivity contribution < 1.29 is 22.7 Å². The van der Waals surface area contributed by atoms with Gasteiger partial charge in [0.1, 0.15) is 4.90 Å². The van der Waals surface area contributed by atoms with E-state index in [1.807, 2.05) is 0 Å². The molecule has 8 heteroatoms. The smallest absolute Gasteiger partial charge is 0.338 e. The lowest BCUT2D eigenvalue weighted by Crippen LogP contribution is -2.41. The van der Waals surface area contributed by atoms with Crippen molar-refractivity contribution in [3.8, 4) is 0 Å². The van der Waals surface area contributed by atoms with Crippen molar-refractivity contribution in [2.75, 3.05) is 0 Å². The van der Waals surface area contributed by atoms with E-state index in [0.717, 1.165) is 31.4 Å². The summed E-state index contributed by atoms with van der Waals surface area (Å²) in [5.41, 5.74) is -0.680. The highest BCUT2D eigenvalue weighted by molar-refractivity contribution is 9.10. The monoisotopic (exact) mass is 379 g/mol. The van der Waals surface area contributed by atoms with Crippen molar-refractivity contribution in [1.29, 1.82) is 0 Å². The van der Waals surface area contributed by atoms with Crippen LogP contribution in [0.5, 0.6) is 0 Å². The number of hydrogen-bond donors (Lipinski definition) is 2. The lowest BCUT2D eigenvalue weighted by Gasteiger charge is -2.31. The number of nitrogens with one attached hydrogen (secondary N) is 1. The first kappa shape index (κ1) is 16.4. The minimum atomic E-state index is -4.11. The Kier molecular flexibility index (Phi) is 4.69. The first-order valence-corrected chi connectivity index (χ1v) is 8.74. The van der Waals surface area contributed by atoms with Crippen LogP contribution in [-0.2, 0) is 10.0 Å². The van der Waals surface area contributed by atoms with E-state index < -0.39 is 32.3 Å². The summed E-state index contributed by atoms with van der Waals surface area (Å²) in [4.78, 5) is 10.3. The van der Waals surface area contributed by atoms with Crippen molar-refractivity contribution in [1.82, 2.24) is 4.72 Å². The van der Waals surface area contributed by atoms with E-state index in [-0.39, 0.29) is 16.4 Å². The maximum atomic E-state index is 14.1. The van der Waals surface area contributed by atoms with Crippen LogP contribution in [0.25, 0.3) is 0 Å². The molecule has 0 heterocycles. The molecule has 2 rings (SSSR count). The van der Waals surface area contributed by atoms with E-state index in [9.17, 15) is 17.6 Å². The summed E-state index contributed by atoms with van der Waals surface area (Å²) < 4.78 is 41.3. The van der Waals surface area contributed by atoms with Gasteiger partial charge >= 0.3 is 5.97 Å². The predicted octanol–water partition coefficient (Wildman–Crippen LogP) is 2.75. The van der Waals surface area contributed by atoms with E-state index in [1.165, 1.54) is 0 Å². The number of carboxylic acid groups (broad SMARTS) is 1. The topological polar surface area (TPSA) is 83.5 Å². The van der Waals surface area contributed by atoms with E-state index in [1.54, 1.807) is 6.92 Å². The number of benzene rings is 1. The first-order valence-electron chi connectivity index (χ1n) is 6.47. The highest BCUT2D eigenvalue weighted by Gasteiger charge is 2.30. The Bertz CT molecular complexity index is 673. The molecule has 1 saturated carbocycles. The molecule has 5 nitrogen and oxygen atoms in total. The van der Waals surface area contributed by atoms with Gasteiger partial charge in [-0.3, -0.25) is 0 Å². The van der Waals surface area contributed by atoms with Crippen LogP contribution in [0, 0.1) is 11.7 Å². The number of carbonyl (C=O) groups is 1. The van der Waals surface area contributed by atoms with Gasteiger partial charge in [-0.25, -0.2) is 22.3 Å². The predicted molar refractivity (Wildman–Crippen MR) is 78.2 cm³/mol. The number of sulfonamides is 1. The van der Waals surface area contributed by atoms with Crippen molar-refractivity contribution >= 4 is 31.9 Å². The fourth-order valence-corrected chi connectivity index (χ4v) is 4.31. The molecule has 2 N–H and O–H groups in total. The highest BCUT2D eigenvalue weighted by atomic mass is 79.9. The van der Waals surface area contributed by atoms with Gasteiger partial charge in [0, 0.05) is 10.5 Å². The largest absolute Gasteiger partial charge is 0.478 e. The summed E-state index contributed by atoms with van der Waals surface area (Å²) in [6, 6.07) is 1.79. The Morgan fingerprint density at radius 2 is 2.10 bits per heavy atom. The molecule has 1 unspecified atom stereocenters.